The molecule has 6 nitrogen and oxygen atoms in total. The normalized spacial score (nSPS) is 9.81. The van der Waals surface area contributed by atoms with Gasteiger partial charge in [-0.25, -0.2) is 4.79 Å². The van der Waals surface area contributed by atoms with Crippen LogP contribution in [0.2, 0.25) is 0 Å². The Morgan fingerprint density at radius 2 is 2.12 bits per heavy atom. The Balaban J connectivity index is 2.70. The highest BCUT2D eigenvalue weighted by molar-refractivity contribution is 5.86. The average molecular weight is 225 g/mol. The summed E-state index contributed by atoms with van der Waals surface area (Å²) in [4.78, 5) is 34.7. The molecule has 0 atom stereocenters. The second-order valence-corrected chi connectivity index (χ2v) is 3.12. The molecule has 0 radical (unpaired) electrons. The minimum atomic E-state index is -1.27. The van der Waals surface area contributed by atoms with Crippen LogP contribution in [0.25, 0.3) is 0 Å². The molecule has 0 saturated heterocycles. The van der Waals surface area contributed by atoms with E-state index in [0.717, 1.165) is 0 Å². The van der Waals surface area contributed by atoms with E-state index in [4.69, 9.17) is 5.11 Å². The van der Waals surface area contributed by atoms with E-state index in [0.29, 0.717) is 12.1 Å². The predicted molar refractivity (Wildman–Crippen MR) is 54.4 cm³/mol. The van der Waals surface area contributed by atoms with Gasteiger partial charge in [0.2, 0.25) is 0 Å². The molecule has 0 spiro atoms. The summed E-state index contributed by atoms with van der Waals surface area (Å²) in [5, 5.41) is 8.62. The summed E-state index contributed by atoms with van der Waals surface area (Å²) in [5.74, 6) is -1.67. The first kappa shape index (κ1) is 12.0. The van der Waals surface area contributed by atoms with Gasteiger partial charge in [-0.15, -0.1) is 0 Å². The van der Waals surface area contributed by atoms with Gasteiger partial charge in [-0.1, -0.05) is 0 Å². The van der Waals surface area contributed by atoms with Crippen molar-refractivity contribution < 1.29 is 19.4 Å². The molecule has 2 N–H and O–H groups in total. The summed E-state index contributed by atoms with van der Waals surface area (Å²) in [6.45, 7) is 1.44. The maximum atomic E-state index is 11.2. The van der Waals surface area contributed by atoms with Crippen LogP contribution in [0.15, 0.2) is 16.9 Å². The van der Waals surface area contributed by atoms with E-state index in [1.165, 1.54) is 19.1 Å². The van der Waals surface area contributed by atoms with Gasteiger partial charge in [0, 0.05) is 19.0 Å². The summed E-state index contributed by atoms with van der Waals surface area (Å²) < 4.78 is 4.69. The lowest BCUT2D eigenvalue weighted by atomic mass is 10.2. The maximum absolute atomic E-state index is 11.2. The Labute approximate surface area is 90.9 Å². The van der Waals surface area contributed by atoms with Gasteiger partial charge >= 0.3 is 11.9 Å². The monoisotopic (exact) mass is 225 g/mol. The van der Waals surface area contributed by atoms with Crippen molar-refractivity contribution in [2.45, 2.75) is 13.3 Å². The molecule has 6 heteroatoms. The third kappa shape index (κ3) is 3.23. The number of hydrogen-bond acceptors (Lipinski definition) is 4. The average Bonchev–Trinajstić information content (AvgIpc) is 2.16. The Hall–Kier alpha value is -2.11. The van der Waals surface area contributed by atoms with Gasteiger partial charge in [0.25, 0.3) is 5.56 Å². The molecule has 0 aliphatic rings. The Kier molecular flexibility index (Phi) is 3.82. The van der Waals surface area contributed by atoms with Crippen LogP contribution in [0, 0.1) is 0 Å². The molecule has 0 aliphatic heterocycles. The second kappa shape index (κ2) is 5.11. The number of rotatable bonds is 4. The van der Waals surface area contributed by atoms with E-state index in [2.05, 4.69) is 9.72 Å². The Morgan fingerprint density at radius 3 is 2.62 bits per heavy atom. The van der Waals surface area contributed by atoms with Gasteiger partial charge in [-0.2, -0.15) is 0 Å². The highest BCUT2D eigenvalue weighted by atomic mass is 16.5. The molecule has 0 saturated carbocycles. The van der Waals surface area contributed by atoms with Crippen LogP contribution in [-0.2, 0) is 16.0 Å². The quantitative estimate of drug-likeness (QED) is 0.712. The van der Waals surface area contributed by atoms with E-state index >= 15 is 0 Å². The van der Waals surface area contributed by atoms with Crippen molar-refractivity contribution in [2.24, 2.45) is 0 Å². The second-order valence-electron chi connectivity index (χ2n) is 3.12. The number of carbonyl (C=O) groups excluding carboxylic acids is 1. The topological polar surface area (TPSA) is 96.5 Å². The van der Waals surface area contributed by atoms with Crippen LogP contribution in [0.1, 0.15) is 23.0 Å². The van der Waals surface area contributed by atoms with Gasteiger partial charge in [0.05, 0.1) is 6.61 Å². The molecule has 0 aliphatic carbocycles. The van der Waals surface area contributed by atoms with Crippen molar-refractivity contribution in [2.75, 3.05) is 6.61 Å². The van der Waals surface area contributed by atoms with Crippen LogP contribution in [0.5, 0.6) is 0 Å². The highest BCUT2D eigenvalue weighted by Crippen LogP contribution is 1.97. The summed E-state index contributed by atoms with van der Waals surface area (Å²) in [5.41, 5.74) is -0.444. The van der Waals surface area contributed by atoms with E-state index in [1.54, 1.807) is 0 Å². The molecule has 0 unspecified atom stereocenters. The van der Waals surface area contributed by atoms with Crippen LogP contribution in [-0.4, -0.2) is 28.6 Å². The zero-order valence-corrected chi connectivity index (χ0v) is 8.65. The summed E-state index contributed by atoms with van der Waals surface area (Å²) in [7, 11) is 0. The third-order valence-electron chi connectivity index (χ3n) is 1.88. The molecule has 0 aromatic carbocycles. The van der Waals surface area contributed by atoms with Crippen molar-refractivity contribution in [1.82, 2.24) is 4.98 Å². The largest absolute Gasteiger partial charge is 0.477 e. The van der Waals surface area contributed by atoms with Crippen LogP contribution < -0.4 is 5.56 Å². The minimum Gasteiger partial charge on any atom is -0.477 e. The summed E-state index contributed by atoms with van der Waals surface area (Å²) >= 11 is 0. The highest BCUT2D eigenvalue weighted by Gasteiger charge is 2.08. The van der Waals surface area contributed by atoms with E-state index in [-0.39, 0.29) is 12.2 Å². The summed E-state index contributed by atoms with van der Waals surface area (Å²) in [6, 6.07) is 2.71. The van der Waals surface area contributed by atoms with E-state index in [1.807, 2.05) is 0 Å². The zero-order valence-electron chi connectivity index (χ0n) is 8.65. The molecular formula is C10H11NO5. The number of nitrogens with one attached hydrogen (secondary N) is 1. The van der Waals surface area contributed by atoms with Gasteiger partial charge < -0.3 is 14.8 Å². The van der Waals surface area contributed by atoms with Gasteiger partial charge in [-0.3, -0.25) is 9.59 Å². The van der Waals surface area contributed by atoms with Crippen LogP contribution in [0.4, 0.5) is 0 Å². The standard InChI is InChI=1S/C10H11NO5/c1-6(12)16-5-4-7-2-3-8(10(14)15)9(13)11-7/h2-3H,4-5H2,1H3,(H,11,13)(H,14,15). The van der Waals surface area contributed by atoms with Crippen molar-refractivity contribution in [3.8, 4) is 0 Å². The fourth-order valence-corrected chi connectivity index (χ4v) is 1.13. The minimum absolute atomic E-state index is 0.150. The molecular weight excluding hydrogens is 214 g/mol. The van der Waals surface area contributed by atoms with E-state index < -0.39 is 17.5 Å². The number of aromatic nitrogens is 1. The fraction of sp³-hybridized carbons (Fsp3) is 0.300. The molecule has 0 fully saturated rings. The molecule has 86 valence electrons. The molecule has 1 rings (SSSR count). The van der Waals surface area contributed by atoms with Crippen molar-refractivity contribution in [3.05, 3.63) is 33.7 Å². The number of aromatic amines is 1. The Morgan fingerprint density at radius 1 is 1.44 bits per heavy atom. The molecule has 0 bridgehead atoms. The number of H-pyrrole nitrogens is 1. The molecule has 1 heterocycles. The SMILES string of the molecule is CC(=O)OCCc1ccc(C(=O)O)c(=O)[nH]1. The number of carboxylic acids is 1. The number of hydrogen-bond donors (Lipinski definition) is 2. The number of pyridine rings is 1. The lowest BCUT2D eigenvalue weighted by Gasteiger charge is -2.02. The van der Waals surface area contributed by atoms with Crippen LogP contribution in [0.3, 0.4) is 0 Å². The Bertz CT molecular complexity index is 463. The van der Waals surface area contributed by atoms with Crippen molar-refractivity contribution in [3.63, 3.8) is 0 Å². The molecule has 1 aromatic heterocycles. The zero-order chi connectivity index (χ0) is 12.1. The first-order chi connectivity index (χ1) is 7.50. The van der Waals surface area contributed by atoms with Crippen molar-refractivity contribution in [1.29, 1.82) is 0 Å². The number of carbonyl (C=O) groups is 2. The summed E-state index contributed by atoms with van der Waals surface area (Å²) in [6.07, 6.45) is 0.342. The molecule has 16 heavy (non-hydrogen) atoms. The van der Waals surface area contributed by atoms with Crippen molar-refractivity contribution >= 4 is 11.9 Å². The number of aromatic carboxylic acids is 1. The number of ether oxygens (including phenoxy) is 1. The predicted octanol–water partition coefficient (Wildman–Crippen LogP) is 0.179. The first-order valence-corrected chi connectivity index (χ1v) is 4.59. The lowest BCUT2D eigenvalue weighted by molar-refractivity contribution is -0.140. The smallest absolute Gasteiger partial charge is 0.341 e. The maximum Gasteiger partial charge on any atom is 0.341 e. The third-order valence-corrected chi connectivity index (χ3v) is 1.88. The fourth-order valence-electron chi connectivity index (χ4n) is 1.13. The molecule has 0 amide bonds. The van der Waals surface area contributed by atoms with Crippen LogP contribution >= 0.6 is 0 Å². The van der Waals surface area contributed by atoms with Gasteiger partial charge in [0.15, 0.2) is 0 Å². The van der Waals surface area contributed by atoms with Gasteiger partial charge in [-0.05, 0) is 12.1 Å². The van der Waals surface area contributed by atoms with E-state index in [9.17, 15) is 14.4 Å². The number of carboxylic acid groups (broad SMARTS) is 1. The lowest BCUT2D eigenvalue weighted by Crippen LogP contribution is -2.19. The molecule has 1 aromatic rings. The first-order valence-electron chi connectivity index (χ1n) is 4.59. The van der Waals surface area contributed by atoms with Gasteiger partial charge in [0.1, 0.15) is 5.56 Å². The number of esters is 1.